The van der Waals surface area contributed by atoms with Crippen molar-refractivity contribution in [2.45, 2.75) is 51.6 Å². The maximum absolute atomic E-state index is 10.6. The number of alkyl halides is 6. The van der Waals surface area contributed by atoms with Gasteiger partial charge in [-0.3, -0.25) is 9.88 Å². The van der Waals surface area contributed by atoms with E-state index in [0.29, 0.717) is 19.3 Å². The highest BCUT2D eigenvalue weighted by Gasteiger charge is 2.38. The quantitative estimate of drug-likeness (QED) is 0.401. The molecule has 218 valence electrons. The van der Waals surface area contributed by atoms with Crippen molar-refractivity contribution in [3.63, 3.8) is 0 Å². The monoisotopic (exact) mass is 576 g/mol. The Morgan fingerprint density at radius 1 is 0.900 bits per heavy atom. The van der Waals surface area contributed by atoms with Gasteiger partial charge in [0.15, 0.2) is 0 Å². The molecule has 2 N–H and O–H groups in total. The molecule has 9 nitrogen and oxygen atoms in total. The summed E-state index contributed by atoms with van der Waals surface area (Å²) in [5.74, 6) is -4.38. The van der Waals surface area contributed by atoms with Crippen LogP contribution in [-0.4, -0.2) is 60.5 Å². The SMILES string of the molecule is CC1c2ncc(COCc3ccncc3)n2CCN1Cc1ccccc1.O=C(O)C(F)(F)F.O=C(O)C(F)(F)F. The first-order chi connectivity index (χ1) is 18.7. The van der Waals surface area contributed by atoms with Gasteiger partial charge in [-0.15, -0.1) is 0 Å². The first-order valence-corrected chi connectivity index (χ1v) is 11.6. The Morgan fingerprint density at radius 3 is 1.98 bits per heavy atom. The Bertz CT molecular complexity index is 1200. The molecule has 2 aromatic heterocycles. The van der Waals surface area contributed by atoms with Gasteiger partial charge in [0.25, 0.3) is 0 Å². The fourth-order valence-electron chi connectivity index (χ4n) is 3.51. The summed E-state index contributed by atoms with van der Waals surface area (Å²) in [6.07, 6.45) is -4.62. The van der Waals surface area contributed by atoms with Crippen LogP contribution in [0.15, 0.2) is 61.1 Å². The minimum Gasteiger partial charge on any atom is -0.475 e. The number of aliphatic carboxylic acids is 2. The average molecular weight is 576 g/mol. The number of ether oxygens (including phenoxy) is 1. The minimum absolute atomic E-state index is 0.304. The number of pyridine rings is 1. The van der Waals surface area contributed by atoms with E-state index in [4.69, 9.17) is 24.5 Å². The van der Waals surface area contributed by atoms with Crippen LogP contribution >= 0.6 is 0 Å². The van der Waals surface area contributed by atoms with Gasteiger partial charge < -0.3 is 19.5 Å². The molecule has 1 aromatic carbocycles. The first-order valence-electron chi connectivity index (χ1n) is 11.6. The molecule has 0 amide bonds. The van der Waals surface area contributed by atoms with E-state index in [9.17, 15) is 26.3 Å². The van der Waals surface area contributed by atoms with E-state index in [1.165, 1.54) is 5.56 Å². The van der Waals surface area contributed by atoms with E-state index in [-0.39, 0.29) is 0 Å². The van der Waals surface area contributed by atoms with Crippen LogP contribution in [0.4, 0.5) is 26.3 Å². The van der Waals surface area contributed by atoms with Gasteiger partial charge in [-0.05, 0) is 30.2 Å². The van der Waals surface area contributed by atoms with Crippen LogP contribution in [0.3, 0.4) is 0 Å². The van der Waals surface area contributed by atoms with Crippen molar-refractivity contribution in [2.75, 3.05) is 6.54 Å². The average Bonchev–Trinajstić information content (AvgIpc) is 3.30. The van der Waals surface area contributed by atoms with Crippen LogP contribution in [0.1, 0.15) is 35.6 Å². The highest BCUT2D eigenvalue weighted by molar-refractivity contribution is 5.73. The lowest BCUT2D eigenvalue weighted by Crippen LogP contribution is -2.37. The topological polar surface area (TPSA) is 118 Å². The van der Waals surface area contributed by atoms with Crippen LogP contribution in [0, 0.1) is 0 Å². The second-order valence-electron chi connectivity index (χ2n) is 8.35. The molecule has 0 spiro atoms. The predicted molar refractivity (Wildman–Crippen MR) is 128 cm³/mol. The van der Waals surface area contributed by atoms with Crippen molar-refractivity contribution >= 4 is 11.9 Å². The number of imidazole rings is 1. The van der Waals surface area contributed by atoms with E-state index < -0.39 is 24.3 Å². The van der Waals surface area contributed by atoms with Crippen LogP contribution in [0.5, 0.6) is 0 Å². The number of hydrogen-bond acceptors (Lipinski definition) is 6. The van der Waals surface area contributed by atoms with Gasteiger partial charge in [0, 0.05) is 32.0 Å². The molecule has 15 heteroatoms. The molecule has 0 saturated carbocycles. The Morgan fingerprint density at radius 2 is 1.45 bits per heavy atom. The minimum atomic E-state index is -5.08. The molecule has 1 atom stereocenters. The Labute approximate surface area is 224 Å². The van der Waals surface area contributed by atoms with E-state index in [0.717, 1.165) is 36.7 Å². The molecule has 0 fully saturated rings. The molecule has 1 unspecified atom stereocenters. The van der Waals surface area contributed by atoms with E-state index >= 15 is 0 Å². The van der Waals surface area contributed by atoms with Crippen molar-refractivity contribution in [1.82, 2.24) is 19.4 Å². The number of halogens is 6. The first kappa shape index (κ1) is 32.2. The maximum atomic E-state index is 10.6. The number of aromatic nitrogens is 3. The summed E-state index contributed by atoms with van der Waals surface area (Å²) in [5, 5.41) is 14.2. The van der Waals surface area contributed by atoms with Crippen molar-refractivity contribution in [1.29, 1.82) is 0 Å². The third kappa shape index (κ3) is 10.3. The number of fused-ring (bicyclic) bond motifs is 1. The normalized spacial score (nSPS) is 15.1. The zero-order valence-electron chi connectivity index (χ0n) is 21.1. The second-order valence-corrected chi connectivity index (χ2v) is 8.35. The van der Waals surface area contributed by atoms with Gasteiger partial charge in [0.2, 0.25) is 0 Å². The van der Waals surface area contributed by atoms with Gasteiger partial charge in [-0.2, -0.15) is 26.3 Å². The molecular formula is C25H26F6N4O5. The molecule has 3 heterocycles. The van der Waals surface area contributed by atoms with Crippen molar-refractivity contribution < 1.29 is 50.9 Å². The van der Waals surface area contributed by atoms with Crippen LogP contribution in [0.25, 0.3) is 0 Å². The number of carbonyl (C=O) groups is 2. The Kier molecular flexibility index (Phi) is 11.6. The lowest BCUT2D eigenvalue weighted by molar-refractivity contribution is -0.193. The van der Waals surface area contributed by atoms with E-state index in [2.05, 4.69) is 56.7 Å². The maximum Gasteiger partial charge on any atom is 0.490 e. The highest BCUT2D eigenvalue weighted by Crippen LogP contribution is 2.27. The standard InChI is InChI=1S/C21H24N4O.2C2HF3O2/c1-17-21-23-13-20(16-26-15-19-7-9-22-10-8-19)25(21)12-11-24(17)14-18-5-3-2-4-6-18;2*3-2(4,5)1(6)7/h2-10,13,17H,11-12,14-16H2,1H3;2*(H,6,7). The number of carboxylic acids is 2. The van der Waals surface area contributed by atoms with Gasteiger partial charge in [0.05, 0.1) is 31.1 Å². The van der Waals surface area contributed by atoms with Crippen molar-refractivity contribution in [3.05, 3.63) is 83.7 Å². The largest absolute Gasteiger partial charge is 0.490 e. The fraction of sp³-hybridized carbons (Fsp3) is 0.360. The summed E-state index contributed by atoms with van der Waals surface area (Å²) in [6.45, 7) is 6.36. The number of nitrogens with zero attached hydrogens (tertiary/aromatic N) is 4. The zero-order valence-corrected chi connectivity index (χ0v) is 21.1. The van der Waals surface area contributed by atoms with Crippen molar-refractivity contribution in [2.24, 2.45) is 0 Å². The molecule has 0 bridgehead atoms. The summed E-state index contributed by atoms with van der Waals surface area (Å²) in [6, 6.07) is 14.9. The molecule has 4 rings (SSSR count). The summed E-state index contributed by atoms with van der Waals surface area (Å²) >= 11 is 0. The molecule has 0 radical (unpaired) electrons. The van der Waals surface area contributed by atoms with E-state index in [1.807, 2.05) is 18.3 Å². The molecule has 40 heavy (non-hydrogen) atoms. The summed E-state index contributed by atoms with van der Waals surface area (Å²) in [7, 11) is 0. The van der Waals surface area contributed by atoms with Gasteiger partial charge in [0.1, 0.15) is 5.82 Å². The number of hydrogen-bond donors (Lipinski definition) is 2. The Balaban J connectivity index is 0.000000333. The number of carboxylic acid groups (broad SMARTS) is 2. The van der Waals surface area contributed by atoms with Crippen molar-refractivity contribution in [3.8, 4) is 0 Å². The van der Waals surface area contributed by atoms with E-state index in [1.54, 1.807) is 12.4 Å². The number of rotatable bonds is 6. The Hall–Kier alpha value is -3.98. The molecule has 0 aliphatic carbocycles. The smallest absolute Gasteiger partial charge is 0.475 e. The summed E-state index contributed by atoms with van der Waals surface area (Å²) in [4.78, 5) is 29.0. The van der Waals surface area contributed by atoms with Gasteiger partial charge in [-0.1, -0.05) is 30.3 Å². The molecule has 1 aliphatic heterocycles. The van der Waals surface area contributed by atoms with Crippen LogP contribution in [0.2, 0.25) is 0 Å². The summed E-state index contributed by atoms with van der Waals surface area (Å²) < 4.78 is 71.7. The molecule has 0 saturated heterocycles. The molecule has 1 aliphatic rings. The predicted octanol–water partition coefficient (Wildman–Crippen LogP) is 4.84. The highest BCUT2D eigenvalue weighted by atomic mass is 19.4. The lowest BCUT2D eigenvalue weighted by atomic mass is 10.1. The van der Waals surface area contributed by atoms with Crippen LogP contribution < -0.4 is 0 Å². The lowest BCUT2D eigenvalue weighted by Gasteiger charge is -2.34. The van der Waals surface area contributed by atoms with Gasteiger partial charge >= 0.3 is 24.3 Å². The number of benzene rings is 1. The molecular weight excluding hydrogens is 550 g/mol. The third-order valence-corrected chi connectivity index (χ3v) is 5.48. The van der Waals surface area contributed by atoms with Crippen LogP contribution in [-0.2, 0) is 40.6 Å². The van der Waals surface area contributed by atoms with Gasteiger partial charge in [-0.25, -0.2) is 14.6 Å². The zero-order chi connectivity index (χ0) is 29.9. The third-order valence-electron chi connectivity index (χ3n) is 5.48. The molecule has 3 aromatic rings. The summed E-state index contributed by atoms with van der Waals surface area (Å²) in [5.41, 5.74) is 3.64. The fourth-order valence-corrected chi connectivity index (χ4v) is 3.51. The second kappa shape index (κ2) is 14.4.